The fraction of sp³-hybridized carbons (Fsp3) is 0.176. The summed E-state index contributed by atoms with van der Waals surface area (Å²) >= 11 is 0. The van der Waals surface area contributed by atoms with Gasteiger partial charge in [-0.25, -0.2) is 9.78 Å². The first-order valence-corrected chi connectivity index (χ1v) is 7.01. The van der Waals surface area contributed by atoms with E-state index in [1.54, 1.807) is 18.3 Å². The lowest BCUT2D eigenvalue weighted by Crippen LogP contribution is -2.24. The van der Waals surface area contributed by atoms with E-state index in [2.05, 4.69) is 4.98 Å². The molecular formula is C17H16N2O3. The summed E-state index contributed by atoms with van der Waals surface area (Å²) in [7, 11) is 1.96. The van der Waals surface area contributed by atoms with Crippen LogP contribution in [0.1, 0.15) is 0 Å². The van der Waals surface area contributed by atoms with E-state index in [-0.39, 0.29) is 5.63 Å². The molecule has 0 aliphatic rings. The molecule has 1 aromatic carbocycles. The molecule has 5 heteroatoms. The number of nitrogens with zero attached hydrogens (tertiary/aromatic N) is 2. The zero-order chi connectivity index (χ0) is 15.4. The summed E-state index contributed by atoms with van der Waals surface area (Å²) in [5, 5.41) is 0.873. The first kappa shape index (κ1) is 14.1. The van der Waals surface area contributed by atoms with Gasteiger partial charge in [-0.15, -0.1) is 0 Å². The van der Waals surface area contributed by atoms with Crippen LogP contribution in [0.2, 0.25) is 0 Å². The number of likely N-dealkylation sites (N-methyl/N-ethyl adjacent to an activating group) is 1. The maximum absolute atomic E-state index is 11.2. The molecule has 5 nitrogen and oxygen atoms in total. The Bertz CT molecular complexity index is 815. The number of rotatable bonds is 5. The summed E-state index contributed by atoms with van der Waals surface area (Å²) in [4.78, 5) is 17.5. The van der Waals surface area contributed by atoms with Crippen LogP contribution in [0.15, 0.2) is 63.9 Å². The second-order valence-corrected chi connectivity index (χ2v) is 4.91. The molecule has 0 radical (unpaired) electrons. The quantitative estimate of drug-likeness (QED) is 0.678. The summed E-state index contributed by atoms with van der Waals surface area (Å²) in [6.45, 7) is 1.21. The number of hydrogen-bond donors (Lipinski definition) is 0. The van der Waals surface area contributed by atoms with Crippen molar-refractivity contribution in [3.8, 4) is 5.75 Å². The maximum Gasteiger partial charge on any atom is 0.336 e. The molecule has 0 unspecified atom stereocenters. The second kappa shape index (κ2) is 6.30. The summed E-state index contributed by atoms with van der Waals surface area (Å²) in [6, 6.07) is 14.4. The highest BCUT2D eigenvalue weighted by molar-refractivity contribution is 5.77. The van der Waals surface area contributed by atoms with E-state index in [0.29, 0.717) is 24.5 Å². The van der Waals surface area contributed by atoms with Crippen molar-refractivity contribution in [2.24, 2.45) is 0 Å². The monoisotopic (exact) mass is 296 g/mol. The minimum atomic E-state index is -0.362. The van der Waals surface area contributed by atoms with Gasteiger partial charge < -0.3 is 14.1 Å². The fourth-order valence-electron chi connectivity index (χ4n) is 2.13. The van der Waals surface area contributed by atoms with Crippen molar-refractivity contribution in [2.45, 2.75) is 0 Å². The smallest absolute Gasteiger partial charge is 0.336 e. The Hall–Kier alpha value is -2.82. The fourth-order valence-corrected chi connectivity index (χ4v) is 2.13. The van der Waals surface area contributed by atoms with Gasteiger partial charge in [0.2, 0.25) is 0 Å². The third kappa shape index (κ3) is 3.25. The zero-order valence-corrected chi connectivity index (χ0v) is 12.2. The topological polar surface area (TPSA) is 55.6 Å². The largest absolute Gasteiger partial charge is 0.492 e. The van der Waals surface area contributed by atoms with Crippen LogP contribution >= 0.6 is 0 Å². The standard InChI is InChI=1S/C17H16N2O3/c1-19(16-4-2-3-9-18-16)10-11-21-14-7-5-13-6-8-17(20)22-15(13)12-14/h2-9,12H,10-11H2,1H3. The van der Waals surface area contributed by atoms with Gasteiger partial charge in [0.15, 0.2) is 0 Å². The lowest BCUT2D eigenvalue weighted by molar-refractivity contribution is 0.325. The Labute approximate surface area is 127 Å². The minimum absolute atomic E-state index is 0.362. The third-order valence-electron chi connectivity index (χ3n) is 3.33. The Morgan fingerprint density at radius 2 is 2.05 bits per heavy atom. The lowest BCUT2D eigenvalue weighted by atomic mass is 10.2. The molecule has 22 heavy (non-hydrogen) atoms. The molecule has 2 heterocycles. The molecule has 3 aromatic rings. The first-order chi connectivity index (χ1) is 10.7. The number of ether oxygens (including phenoxy) is 1. The van der Waals surface area contributed by atoms with Gasteiger partial charge in [-0.2, -0.15) is 0 Å². The van der Waals surface area contributed by atoms with Crippen molar-refractivity contribution >= 4 is 16.8 Å². The summed E-state index contributed by atoms with van der Waals surface area (Å²) < 4.78 is 10.9. The average Bonchev–Trinajstić information content (AvgIpc) is 2.55. The van der Waals surface area contributed by atoms with Crippen LogP contribution in [-0.4, -0.2) is 25.2 Å². The highest BCUT2D eigenvalue weighted by Gasteiger charge is 2.03. The molecule has 112 valence electrons. The molecule has 0 saturated carbocycles. The predicted octanol–water partition coefficient (Wildman–Crippen LogP) is 2.70. The van der Waals surface area contributed by atoms with Gasteiger partial charge in [-0.05, 0) is 30.3 Å². The average molecular weight is 296 g/mol. The SMILES string of the molecule is CN(CCOc1ccc2ccc(=O)oc2c1)c1ccccn1. The van der Waals surface area contributed by atoms with Crippen molar-refractivity contribution in [3.63, 3.8) is 0 Å². The zero-order valence-electron chi connectivity index (χ0n) is 12.2. The molecule has 0 aliphatic heterocycles. The van der Waals surface area contributed by atoms with Gasteiger partial charge in [-0.1, -0.05) is 6.07 Å². The number of anilines is 1. The van der Waals surface area contributed by atoms with Crippen LogP contribution < -0.4 is 15.3 Å². The Morgan fingerprint density at radius 1 is 1.18 bits per heavy atom. The molecule has 0 amide bonds. The van der Waals surface area contributed by atoms with Crippen LogP contribution in [-0.2, 0) is 0 Å². The second-order valence-electron chi connectivity index (χ2n) is 4.91. The Kier molecular flexibility index (Phi) is 4.05. The van der Waals surface area contributed by atoms with Crippen molar-refractivity contribution in [1.82, 2.24) is 4.98 Å². The van der Waals surface area contributed by atoms with Gasteiger partial charge in [-0.3, -0.25) is 0 Å². The summed E-state index contributed by atoms with van der Waals surface area (Å²) in [5.74, 6) is 1.58. The Morgan fingerprint density at radius 3 is 2.86 bits per heavy atom. The first-order valence-electron chi connectivity index (χ1n) is 7.01. The normalized spacial score (nSPS) is 10.6. The van der Waals surface area contributed by atoms with E-state index in [9.17, 15) is 4.79 Å². The molecule has 0 bridgehead atoms. The summed E-state index contributed by atoms with van der Waals surface area (Å²) in [5.41, 5.74) is 0.169. The van der Waals surface area contributed by atoms with E-state index in [0.717, 1.165) is 11.2 Å². The van der Waals surface area contributed by atoms with Crippen molar-refractivity contribution in [1.29, 1.82) is 0 Å². The van der Waals surface area contributed by atoms with Crippen molar-refractivity contribution in [3.05, 3.63) is 65.1 Å². The number of aromatic nitrogens is 1. The minimum Gasteiger partial charge on any atom is -0.492 e. The van der Waals surface area contributed by atoms with Gasteiger partial charge in [0.25, 0.3) is 0 Å². The van der Waals surface area contributed by atoms with Crippen molar-refractivity contribution < 1.29 is 9.15 Å². The molecular weight excluding hydrogens is 280 g/mol. The van der Waals surface area contributed by atoms with E-state index in [1.807, 2.05) is 42.3 Å². The number of fused-ring (bicyclic) bond motifs is 1. The van der Waals surface area contributed by atoms with Crippen LogP contribution in [0.4, 0.5) is 5.82 Å². The highest BCUT2D eigenvalue weighted by Crippen LogP contribution is 2.19. The maximum atomic E-state index is 11.2. The van der Waals surface area contributed by atoms with Gasteiger partial charge >= 0.3 is 5.63 Å². The number of benzene rings is 1. The lowest BCUT2D eigenvalue weighted by Gasteiger charge is -2.18. The highest BCUT2D eigenvalue weighted by atomic mass is 16.5. The predicted molar refractivity (Wildman–Crippen MR) is 85.5 cm³/mol. The summed E-state index contributed by atoms with van der Waals surface area (Å²) in [6.07, 6.45) is 1.76. The molecule has 0 N–H and O–H groups in total. The van der Waals surface area contributed by atoms with Crippen LogP contribution in [0.5, 0.6) is 5.75 Å². The molecule has 2 aromatic heterocycles. The van der Waals surface area contributed by atoms with Gasteiger partial charge in [0, 0.05) is 30.8 Å². The van der Waals surface area contributed by atoms with Crippen molar-refractivity contribution in [2.75, 3.05) is 25.1 Å². The van der Waals surface area contributed by atoms with Crippen LogP contribution in [0.25, 0.3) is 11.0 Å². The third-order valence-corrected chi connectivity index (χ3v) is 3.33. The molecule has 0 saturated heterocycles. The molecule has 0 aliphatic carbocycles. The van der Waals surface area contributed by atoms with Gasteiger partial charge in [0.05, 0.1) is 6.54 Å². The van der Waals surface area contributed by atoms with E-state index in [4.69, 9.17) is 9.15 Å². The molecule has 0 fully saturated rings. The van der Waals surface area contributed by atoms with E-state index < -0.39 is 0 Å². The molecule has 3 rings (SSSR count). The van der Waals surface area contributed by atoms with Crippen LogP contribution in [0, 0.1) is 0 Å². The van der Waals surface area contributed by atoms with Crippen LogP contribution in [0.3, 0.4) is 0 Å². The number of hydrogen-bond acceptors (Lipinski definition) is 5. The van der Waals surface area contributed by atoms with Gasteiger partial charge in [0.1, 0.15) is 23.8 Å². The van der Waals surface area contributed by atoms with E-state index in [1.165, 1.54) is 6.07 Å². The Balaban J connectivity index is 1.63. The molecule has 0 spiro atoms. The van der Waals surface area contributed by atoms with E-state index >= 15 is 0 Å². The number of pyridine rings is 1. The molecule has 0 atom stereocenters.